The minimum Gasteiger partial charge on any atom is -0.330 e. The molecule has 2 heteroatoms. The van der Waals surface area contributed by atoms with Crippen molar-refractivity contribution in [2.24, 2.45) is 5.73 Å². The van der Waals surface area contributed by atoms with E-state index in [0.717, 1.165) is 12.0 Å². The summed E-state index contributed by atoms with van der Waals surface area (Å²) in [6.45, 7) is 2.59. The molecule has 0 fully saturated rings. The number of benzene rings is 1. The zero-order valence-corrected chi connectivity index (χ0v) is 7.92. The van der Waals surface area contributed by atoms with Gasteiger partial charge in [-0.15, -0.1) is 0 Å². The maximum atomic E-state index is 11.5. The first kappa shape index (κ1) is 9.93. The number of hydrogen-bond acceptors (Lipinski definition) is 2. The first-order valence-electron chi connectivity index (χ1n) is 4.54. The molecule has 1 aromatic carbocycles. The van der Waals surface area contributed by atoms with E-state index in [2.05, 4.69) is 0 Å². The molecule has 0 unspecified atom stereocenters. The highest BCUT2D eigenvalue weighted by atomic mass is 16.1. The number of Topliss-reactive ketones (excluding diaryl/α,β-unsaturated/α-hetero) is 1. The van der Waals surface area contributed by atoms with Gasteiger partial charge in [-0.05, 0) is 19.9 Å². The number of carbonyl (C=O) groups is 1. The SMILES string of the molecule is Cc1ccc(C(=O)CCCN)cc1. The predicted molar refractivity (Wildman–Crippen MR) is 53.8 cm³/mol. The summed E-state index contributed by atoms with van der Waals surface area (Å²) in [6, 6.07) is 7.65. The summed E-state index contributed by atoms with van der Waals surface area (Å²) in [5, 5.41) is 0. The molecule has 0 atom stereocenters. The Morgan fingerprint density at radius 2 is 1.92 bits per heavy atom. The van der Waals surface area contributed by atoms with Crippen LogP contribution in [0.5, 0.6) is 0 Å². The monoisotopic (exact) mass is 177 g/mol. The van der Waals surface area contributed by atoms with Crippen LogP contribution in [-0.4, -0.2) is 12.3 Å². The number of ketones is 1. The van der Waals surface area contributed by atoms with Crippen molar-refractivity contribution in [3.63, 3.8) is 0 Å². The molecule has 0 aliphatic rings. The first-order valence-corrected chi connectivity index (χ1v) is 4.54. The average molecular weight is 177 g/mol. The van der Waals surface area contributed by atoms with Crippen LogP contribution in [0.2, 0.25) is 0 Å². The molecule has 0 saturated heterocycles. The van der Waals surface area contributed by atoms with E-state index < -0.39 is 0 Å². The summed E-state index contributed by atoms with van der Waals surface area (Å²) in [5.74, 6) is 0.186. The third-order valence-corrected chi connectivity index (χ3v) is 1.98. The molecule has 0 spiro atoms. The van der Waals surface area contributed by atoms with Crippen LogP contribution in [-0.2, 0) is 0 Å². The zero-order chi connectivity index (χ0) is 9.68. The fourth-order valence-corrected chi connectivity index (χ4v) is 1.15. The van der Waals surface area contributed by atoms with Crippen LogP contribution in [0.3, 0.4) is 0 Å². The third-order valence-electron chi connectivity index (χ3n) is 1.98. The molecule has 0 aliphatic heterocycles. The van der Waals surface area contributed by atoms with Crippen LogP contribution >= 0.6 is 0 Å². The maximum absolute atomic E-state index is 11.5. The van der Waals surface area contributed by atoms with Gasteiger partial charge in [-0.2, -0.15) is 0 Å². The number of rotatable bonds is 4. The van der Waals surface area contributed by atoms with E-state index >= 15 is 0 Å². The minimum atomic E-state index is 0.186. The summed E-state index contributed by atoms with van der Waals surface area (Å²) in [5.41, 5.74) is 7.29. The quantitative estimate of drug-likeness (QED) is 0.714. The molecule has 0 aromatic heterocycles. The molecular formula is C11H15NO. The zero-order valence-electron chi connectivity index (χ0n) is 7.92. The van der Waals surface area contributed by atoms with E-state index in [-0.39, 0.29) is 5.78 Å². The van der Waals surface area contributed by atoms with Gasteiger partial charge in [0.25, 0.3) is 0 Å². The lowest BCUT2D eigenvalue weighted by atomic mass is 10.1. The van der Waals surface area contributed by atoms with Crippen LogP contribution in [0.4, 0.5) is 0 Å². The predicted octanol–water partition coefficient (Wildman–Crippen LogP) is 1.92. The number of carbonyl (C=O) groups excluding carboxylic acids is 1. The Labute approximate surface area is 78.8 Å². The Hall–Kier alpha value is -1.15. The van der Waals surface area contributed by atoms with Crippen LogP contribution in [0.25, 0.3) is 0 Å². The normalized spacial score (nSPS) is 10.0. The molecule has 0 saturated carbocycles. The van der Waals surface area contributed by atoms with E-state index in [1.165, 1.54) is 5.56 Å². The summed E-state index contributed by atoms with van der Waals surface area (Å²) < 4.78 is 0. The molecular weight excluding hydrogens is 162 g/mol. The maximum Gasteiger partial charge on any atom is 0.162 e. The molecule has 0 aliphatic carbocycles. The fourth-order valence-electron chi connectivity index (χ4n) is 1.15. The van der Waals surface area contributed by atoms with E-state index in [0.29, 0.717) is 13.0 Å². The van der Waals surface area contributed by atoms with Crippen LogP contribution in [0.15, 0.2) is 24.3 Å². The second-order valence-electron chi connectivity index (χ2n) is 3.18. The van der Waals surface area contributed by atoms with Crippen LogP contribution in [0.1, 0.15) is 28.8 Å². The smallest absolute Gasteiger partial charge is 0.162 e. The highest BCUT2D eigenvalue weighted by Crippen LogP contribution is 2.06. The van der Waals surface area contributed by atoms with Crippen molar-refractivity contribution in [3.8, 4) is 0 Å². The van der Waals surface area contributed by atoms with Crippen molar-refractivity contribution in [2.75, 3.05) is 6.54 Å². The molecule has 0 amide bonds. The summed E-state index contributed by atoms with van der Waals surface area (Å²) in [6.07, 6.45) is 1.33. The molecule has 0 heterocycles. The van der Waals surface area contributed by atoms with Gasteiger partial charge in [0.1, 0.15) is 0 Å². The van der Waals surface area contributed by atoms with Crippen LogP contribution in [0, 0.1) is 6.92 Å². The van der Waals surface area contributed by atoms with E-state index in [1.807, 2.05) is 31.2 Å². The molecule has 2 N–H and O–H groups in total. The van der Waals surface area contributed by atoms with Gasteiger partial charge in [0, 0.05) is 12.0 Å². The van der Waals surface area contributed by atoms with E-state index in [1.54, 1.807) is 0 Å². The Balaban J connectivity index is 2.61. The van der Waals surface area contributed by atoms with Crippen LogP contribution < -0.4 is 5.73 Å². The lowest BCUT2D eigenvalue weighted by molar-refractivity contribution is 0.0981. The van der Waals surface area contributed by atoms with Gasteiger partial charge in [0.05, 0.1) is 0 Å². The summed E-state index contributed by atoms with van der Waals surface area (Å²) >= 11 is 0. The Morgan fingerprint density at radius 3 is 2.46 bits per heavy atom. The molecule has 0 bridgehead atoms. The van der Waals surface area contributed by atoms with Gasteiger partial charge >= 0.3 is 0 Å². The third kappa shape index (κ3) is 2.99. The van der Waals surface area contributed by atoms with Gasteiger partial charge in [-0.25, -0.2) is 0 Å². The van der Waals surface area contributed by atoms with Crippen molar-refractivity contribution in [3.05, 3.63) is 35.4 Å². The lowest BCUT2D eigenvalue weighted by Gasteiger charge is -1.99. The number of nitrogens with two attached hydrogens (primary N) is 1. The van der Waals surface area contributed by atoms with Crippen molar-refractivity contribution < 1.29 is 4.79 Å². The topological polar surface area (TPSA) is 43.1 Å². The Kier molecular flexibility index (Phi) is 3.65. The number of aryl methyl sites for hydroxylation is 1. The standard InChI is InChI=1S/C11H15NO/c1-9-4-6-10(7-5-9)11(13)3-2-8-12/h4-7H,2-3,8,12H2,1H3. The van der Waals surface area contributed by atoms with Gasteiger partial charge in [0.15, 0.2) is 5.78 Å². The minimum absolute atomic E-state index is 0.186. The molecule has 1 aromatic rings. The van der Waals surface area contributed by atoms with Gasteiger partial charge in [0.2, 0.25) is 0 Å². The summed E-state index contributed by atoms with van der Waals surface area (Å²) in [7, 11) is 0. The molecule has 13 heavy (non-hydrogen) atoms. The number of hydrogen-bond donors (Lipinski definition) is 1. The molecule has 2 nitrogen and oxygen atoms in total. The average Bonchev–Trinajstić information content (AvgIpc) is 2.15. The van der Waals surface area contributed by atoms with E-state index in [9.17, 15) is 4.79 Å². The first-order chi connectivity index (χ1) is 6.24. The fraction of sp³-hybridized carbons (Fsp3) is 0.364. The Morgan fingerprint density at radius 1 is 1.31 bits per heavy atom. The van der Waals surface area contributed by atoms with Crippen molar-refractivity contribution in [1.29, 1.82) is 0 Å². The lowest BCUT2D eigenvalue weighted by Crippen LogP contribution is -2.04. The summed E-state index contributed by atoms with van der Waals surface area (Å²) in [4.78, 5) is 11.5. The van der Waals surface area contributed by atoms with E-state index in [4.69, 9.17) is 5.73 Å². The second kappa shape index (κ2) is 4.77. The molecule has 70 valence electrons. The van der Waals surface area contributed by atoms with Crippen molar-refractivity contribution in [1.82, 2.24) is 0 Å². The van der Waals surface area contributed by atoms with Gasteiger partial charge in [-0.3, -0.25) is 4.79 Å². The van der Waals surface area contributed by atoms with Crippen molar-refractivity contribution >= 4 is 5.78 Å². The molecule has 1 rings (SSSR count). The second-order valence-corrected chi connectivity index (χ2v) is 3.18. The van der Waals surface area contributed by atoms with Gasteiger partial charge in [-0.1, -0.05) is 29.8 Å². The van der Waals surface area contributed by atoms with Gasteiger partial charge < -0.3 is 5.73 Å². The Bertz CT molecular complexity index is 277. The van der Waals surface area contributed by atoms with Crippen molar-refractivity contribution in [2.45, 2.75) is 19.8 Å². The molecule has 0 radical (unpaired) electrons. The largest absolute Gasteiger partial charge is 0.330 e. The highest BCUT2D eigenvalue weighted by molar-refractivity contribution is 5.96. The highest BCUT2D eigenvalue weighted by Gasteiger charge is 2.03.